The van der Waals surface area contributed by atoms with Crippen molar-refractivity contribution in [1.82, 2.24) is 5.32 Å². The molecule has 3 aromatic carbocycles. The number of rotatable bonds is 4. The fourth-order valence-electron chi connectivity index (χ4n) is 2.99. The zero-order chi connectivity index (χ0) is 17.1. The zero-order valence-electron chi connectivity index (χ0n) is 13.8. The van der Waals surface area contributed by atoms with Crippen molar-refractivity contribution in [3.8, 4) is 11.5 Å². The second-order valence-electron chi connectivity index (χ2n) is 6.16. The molecule has 1 amide bonds. The van der Waals surface area contributed by atoms with Crippen molar-refractivity contribution in [2.75, 3.05) is 13.2 Å². The summed E-state index contributed by atoms with van der Waals surface area (Å²) in [5, 5.41) is 5.26. The molecule has 4 nitrogen and oxygen atoms in total. The standard InChI is InChI=1S/C21H19NO3/c23-21(12-15-9-10-16-5-1-2-6-17(16)11-15)22-13-18-14-24-19-7-3-4-8-20(19)25-18/h1-11,18H,12-14H2,(H,22,23)/t18-/m1/s1. The molecular formula is C21H19NO3. The number of benzene rings is 3. The molecule has 0 bridgehead atoms. The van der Waals surface area contributed by atoms with Crippen LogP contribution in [0.25, 0.3) is 10.8 Å². The molecule has 1 heterocycles. The molecule has 0 radical (unpaired) electrons. The molecule has 0 aromatic heterocycles. The molecule has 0 fully saturated rings. The summed E-state index contributed by atoms with van der Waals surface area (Å²) in [6, 6.07) is 21.8. The van der Waals surface area contributed by atoms with Crippen LogP contribution in [0.2, 0.25) is 0 Å². The molecule has 0 saturated heterocycles. The first-order valence-corrected chi connectivity index (χ1v) is 8.41. The van der Waals surface area contributed by atoms with Crippen molar-refractivity contribution in [2.24, 2.45) is 0 Å². The van der Waals surface area contributed by atoms with E-state index in [1.807, 2.05) is 48.5 Å². The Bertz CT molecular complexity index is 906. The quantitative estimate of drug-likeness (QED) is 0.796. The van der Waals surface area contributed by atoms with Gasteiger partial charge in [-0.1, -0.05) is 54.6 Å². The van der Waals surface area contributed by atoms with E-state index < -0.39 is 0 Å². The van der Waals surface area contributed by atoms with Gasteiger partial charge in [-0.15, -0.1) is 0 Å². The van der Waals surface area contributed by atoms with Crippen LogP contribution >= 0.6 is 0 Å². The molecule has 1 aliphatic heterocycles. The highest BCUT2D eigenvalue weighted by Crippen LogP contribution is 2.30. The van der Waals surface area contributed by atoms with E-state index in [9.17, 15) is 4.79 Å². The molecule has 0 unspecified atom stereocenters. The number of nitrogens with one attached hydrogen (secondary N) is 1. The van der Waals surface area contributed by atoms with Crippen molar-refractivity contribution in [1.29, 1.82) is 0 Å². The summed E-state index contributed by atoms with van der Waals surface area (Å²) in [4.78, 5) is 12.2. The predicted octanol–water partition coefficient (Wildman–Crippen LogP) is 3.34. The summed E-state index contributed by atoms with van der Waals surface area (Å²) in [5.41, 5.74) is 1.00. The number of hydrogen-bond donors (Lipinski definition) is 1. The zero-order valence-corrected chi connectivity index (χ0v) is 13.8. The maximum absolute atomic E-state index is 12.2. The van der Waals surface area contributed by atoms with Gasteiger partial charge in [0.15, 0.2) is 11.5 Å². The van der Waals surface area contributed by atoms with E-state index >= 15 is 0 Å². The number of carbonyl (C=O) groups excluding carboxylic acids is 1. The second kappa shape index (κ2) is 6.85. The smallest absolute Gasteiger partial charge is 0.224 e. The number of carbonyl (C=O) groups is 1. The van der Waals surface area contributed by atoms with Gasteiger partial charge in [0.2, 0.25) is 5.91 Å². The van der Waals surface area contributed by atoms with Crippen LogP contribution in [0.15, 0.2) is 66.7 Å². The highest BCUT2D eigenvalue weighted by Gasteiger charge is 2.20. The topological polar surface area (TPSA) is 47.6 Å². The lowest BCUT2D eigenvalue weighted by atomic mass is 10.0. The van der Waals surface area contributed by atoms with Gasteiger partial charge in [0, 0.05) is 0 Å². The highest BCUT2D eigenvalue weighted by molar-refractivity contribution is 5.85. The summed E-state index contributed by atoms with van der Waals surface area (Å²) in [6.07, 6.45) is 0.185. The van der Waals surface area contributed by atoms with Crippen molar-refractivity contribution in [3.05, 3.63) is 72.3 Å². The van der Waals surface area contributed by atoms with Gasteiger partial charge in [0.05, 0.1) is 13.0 Å². The van der Waals surface area contributed by atoms with Crippen molar-refractivity contribution >= 4 is 16.7 Å². The minimum Gasteiger partial charge on any atom is -0.486 e. The molecule has 1 N–H and O–H groups in total. The largest absolute Gasteiger partial charge is 0.486 e. The molecular weight excluding hydrogens is 314 g/mol. The van der Waals surface area contributed by atoms with Crippen LogP contribution in [0.3, 0.4) is 0 Å². The summed E-state index contributed by atoms with van der Waals surface area (Å²) in [6.45, 7) is 0.869. The monoisotopic (exact) mass is 333 g/mol. The fraction of sp³-hybridized carbons (Fsp3) is 0.190. The summed E-state index contributed by atoms with van der Waals surface area (Å²) in [7, 11) is 0. The second-order valence-corrected chi connectivity index (χ2v) is 6.16. The van der Waals surface area contributed by atoms with E-state index in [4.69, 9.17) is 9.47 Å². The predicted molar refractivity (Wildman–Crippen MR) is 97.0 cm³/mol. The minimum absolute atomic E-state index is 0.0160. The maximum Gasteiger partial charge on any atom is 0.224 e. The van der Waals surface area contributed by atoms with Gasteiger partial charge < -0.3 is 14.8 Å². The molecule has 126 valence electrons. The molecule has 3 aromatic rings. The third-order valence-corrected chi connectivity index (χ3v) is 4.27. The Morgan fingerprint density at radius 1 is 0.960 bits per heavy atom. The Morgan fingerprint density at radius 3 is 2.60 bits per heavy atom. The molecule has 4 rings (SSSR count). The average Bonchev–Trinajstić information content (AvgIpc) is 2.66. The number of ether oxygens (including phenoxy) is 2. The maximum atomic E-state index is 12.2. The number of para-hydroxylation sites is 2. The average molecular weight is 333 g/mol. The lowest BCUT2D eigenvalue weighted by Gasteiger charge is -2.26. The van der Waals surface area contributed by atoms with Crippen molar-refractivity contribution in [2.45, 2.75) is 12.5 Å². The summed E-state index contributed by atoms with van der Waals surface area (Å²) < 4.78 is 11.5. The Morgan fingerprint density at radius 2 is 1.72 bits per heavy atom. The number of fused-ring (bicyclic) bond motifs is 2. The molecule has 1 aliphatic rings. The molecule has 4 heteroatoms. The Balaban J connectivity index is 1.33. The Hall–Kier alpha value is -3.01. The van der Waals surface area contributed by atoms with Crippen LogP contribution in [0.5, 0.6) is 11.5 Å². The normalized spacial score (nSPS) is 15.8. The third-order valence-electron chi connectivity index (χ3n) is 4.27. The molecule has 25 heavy (non-hydrogen) atoms. The van der Waals surface area contributed by atoms with E-state index in [0.29, 0.717) is 19.6 Å². The Kier molecular flexibility index (Phi) is 4.25. The van der Waals surface area contributed by atoms with Gasteiger partial charge in [0.1, 0.15) is 12.7 Å². The summed E-state index contributed by atoms with van der Waals surface area (Å²) >= 11 is 0. The van der Waals surface area contributed by atoms with E-state index in [-0.39, 0.29) is 12.0 Å². The fourth-order valence-corrected chi connectivity index (χ4v) is 2.99. The van der Waals surface area contributed by atoms with Crippen LogP contribution in [0, 0.1) is 0 Å². The molecule has 0 saturated carbocycles. The first kappa shape index (κ1) is 15.5. The number of amides is 1. The van der Waals surface area contributed by atoms with E-state index in [1.165, 1.54) is 5.39 Å². The first-order chi connectivity index (χ1) is 12.3. The van der Waals surface area contributed by atoms with Crippen LogP contribution < -0.4 is 14.8 Å². The van der Waals surface area contributed by atoms with Crippen LogP contribution in [0.4, 0.5) is 0 Å². The SMILES string of the molecule is O=C(Cc1ccc2ccccc2c1)NC[C@@H]1COc2ccccc2O1. The molecule has 1 atom stereocenters. The van der Waals surface area contributed by atoms with Crippen LogP contribution in [0.1, 0.15) is 5.56 Å². The van der Waals surface area contributed by atoms with Gasteiger partial charge in [-0.25, -0.2) is 0 Å². The van der Waals surface area contributed by atoms with Gasteiger partial charge in [-0.3, -0.25) is 4.79 Å². The lowest BCUT2D eigenvalue weighted by Crippen LogP contribution is -2.41. The van der Waals surface area contributed by atoms with Crippen molar-refractivity contribution in [3.63, 3.8) is 0 Å². The van der Waals surface area contributed by atoms with E-state index in [1.54, 1.807) is 0 Å². The van der Waals surface area contributed by atoms with Gasteiger partial charge in [0.25, 0.3) is 0 Å². The van der Waals surface area contributed by atoms with Gasteiger partial charge in [-0.05, 0) is 28.5 Å². The van der Waals surface area contributed by atoms with Crippen LogP contribution in [-0.4, -0.2) is 25.2 Å². The van der Waals surface area contributed by atoms with Gasteiger partial charge in [-0.2, -0.15) is 0 Å². The molecule has 0 spiro atoms. The third kappa shape index (κ3) is 3.58. The van der Waals surface area contributed by atoms with Crippen LogP contribution in [-0.2, 0) is 11.2 Å². The molecule has 0 aliphatic carbocycles. The van der Waals surface area contributed by atoms with E-state index in [0.717, 1.165) is 22.4 Å². The summed E-state index contributed by atoms with van der Waals surface area (Å²) in [5.74, 6) is 1.46. The van der Waals surface area contributed by atoms with Gasteiger partial charge >= 0.3 is 0 Å². The van der Waals surface area contributed by atoms with E-state index in [2.05, 4.69) is 23.5 Å². The lowest BCUT2D eigenvalue weighted by molar-refractivity contribution is -0.120. The minimum atomic E-state index is -0.171. The number of hydrogen-bond acceptors (Lipinski definition) is 3. The highest BCUT2D eigenvalue weighted by atomic mass is 16.6. The van der Waals surface area contributed by atoms with Crippen molar-refractivity contribution < 1.29 is 14.3 Å². The first-order valence-electron chi connectivity index (χ1n) is 8.41. The Labute approximate surface area is 146 Å².